The third-order valence-corrected chi connectivity index (χ3v) is 3.89. The fourth-order valence-electron chi connectivity index (χ4n) is 2.63. The number of benzene rings is 1. The molecule has 124 valence electrons. The second-order valence-electron chi connectivity index (χ2n) is 5.59. The Labute approximate surface area is 139 Å². The van der Waals surface area contributed by atoms with Crippen LogP contribution in [0.2, 0.25) is 0 Å². The predicted molar refractivity (Wildman–Crippen MR) is 92.7 cm³/mol. The molecule has 0 saturated carbocycles. The van der Waals surface area contributed by atoms with Gasteiger partial charge < -0.3 is 20.4 Å². The highest BCUT2D eigenvalue weighted by atomic mass is 16.5. The van der Waals surface area contributed by atoms with Crippen LogP contribution in [-0.2, 0) is 9.53 Å². The molecule has 0 saturated heterocycles. The minimum atomic E-state index is -0.198. The van der Waals surface area contributed by atoms with Gasteiger partial charge in [-0.3, -0.25) is 9.59 Å². The molecule has 6 heteroatoms. The number of para-hydroxylation sites is 1. The first-order valence-corrected chi connectivity index (χ1v) is 7.69. The molecule has 2 heterocycles. The molecule has 1 aliphatic heterocycles. The number of hydrogen-bond acceptors (Lipinski definition) is 3. The van der Waals surface area contributed by atoms with Crippen LogP contribution in [-0.4, -0.2) is 37.1 Å². The summed E-state index contributed by atoms with van der Waals surface area (Å²) in [5.41, 5.74) is 4.35. The van der Waals surface area contributed by atoms with Gasteiger partial charge in [-0.25, -0.2) is 0 Å². The van der Waals surface area contributed by atoms with E-state index in [0.29, 0.717) is 24.4 Å². The number of ether oxygens (including phenoxy) is 1. The quantitative estimate of drug-likeness (QED) is 0.582. The molecule has 3 N–H and O–H groups in total. The number of amides is 2. The number of methoxy groups -OCH3 is 1. The zero-order valence-corrected chi connectivity index (χ0v) is 13.6. The lowest BCUT2D eigenvalue weighted by molar-refractivity contribution is -0.110. The largest absolute Gasteiger partial charge is 0.383 e. The summed E-state index contributed by atoms with van der Waals surface area (Å²) in [5, 5.41) is 5.60. The number of carbonyl (C=O) groups is 2. The van der Waals surface area contributed by atoms with Crippen LogP contribution in [0.4, 0.5) is 5.69 Å². The molecule has 1 aliphatic rings. The lowest BCUT2D eigenvalue weighted by Crippen LogP contribution is -2.27. The Morgan fingerprint density at radius 2 is 2.12 bits per heavy atom. The van der Waals surface area contributed by atoms with Crippen LogP contribution in [0.5, 0.6) is 0 Å². The minimum absolute atomic E-state index is 0.142. The van der Waals surface area contributed by atoms with Crippen LogP contribution in [0.15, 0.2) is 30.3 Å². The fourth-order valence-corrected chi connectivity index (χ4v) is 2.63. The molecular formula is C18H19N3O3. The lowest BCUT2D eigenvalue weighted by atomic mass is 10.1. The normalized spacial score (nSPS) is 14.6. The van der Waals surface area contributed by atoms with Gasteiger partial charge >= 0.3 is 0 Å². The highest BCUT2D eigenvalue weighted by Crippen LogP contribution is 2.32. The summed E-state index contributed by atoms with van der Waals surface area (Å²) in [4.78, 5) is 27.3. The molecule has 0 spiro atoms. The zero-order chi connectivity index (χ0) is 17.1. The van der Waals surface area contributed by atoms with Crippen molar-refractivity contribution in [2.24, 2.45) is 0 Å². The maximum atomic E-state index is 12.2. The van der Waals surface area contributed by atoms with Crippen LogP contribution in [0.25, 0.3) is 11.6 Å². The van der Waals surface area contributed by atoms with Crippen molar-refractivity contribution in [2.75, 3.05) is 25.6 Å². The summed E-state index contributed by atoms with van der Waals surface area (Å²) in [6, 6.07) is 9.31. The number of aromatic amines is 1. The van der Waals surface area contributed by atoms with Crippen molar-refractivity contribution in [3.05, 3.63) is 52.8 Å². The maximum absolute atomic E-state index is 12.2. The van der Waals surface area contributed by atoms with Gasteiger partial charge in [0.25, 0.3) is 11.8 Å². The van der Waals surface area contributed by atoms with E-state index in [4.69, 9.17) is 4.74 Å². The first-order valence-electron chi connectivity index (χ1n) is 7.69. The summed E-state index contributed by atoms with van der Waals surface area (Å²) in [5.74, 6) is -0.340. The van der Waals surface area contributed by atoms with E-state index in [2.05, 4.69) is 15.6 Å². The molecule has 0 aliphatic carbocycles. The molecule has 24 heavy (non-hydrogen) atoms. The molecule has 0 bridgehead atoms. The number of fused-ring (bicyclic) bond motifs is 1. The number of hydrogen-bond donors (Lipinski definition) is 3. The van der Waals surface area contributed by atoms with E-state index in [1.165, 1.54) is 0 Å². The average molecular weight is 325 g/mol. The van der Waals surface area contributed by atoms with Crippen LogP contribution in [0.3, 0.4) is 0 Å². The number of aryl methyl sites for hydroxylation is 1. The molecular weight excluding hydrogens is 306 g/mol. The standard InChI is InChI=1S/C18H19N3O3/c1-11-9-16(18(23)19-7-8-24-2)20-15(11)10-13-12-5-3-4-6-14(12)21-17(13)22/h3-6,9-10,20H,7-8H2,1-2H3,(H,19,23)(H,21,22)/b13-10+. The molecule has 0 unspecified atom stereocenters. The van der Waals surface area contributed by atoms with Gasteiger partial charge in [-0.15, -0.1) is 0 Å². The van der Waals surface area contributed by atoms with Gasteiger partial charge in [0.05, 0.1) is 12.2 Å². The molecule has 1 aromatic heterocycles. The van der Waals surface area contributed by atoms with E-state index >= 15 is 0 Å². The molecule has 1 aromatic carbocycles. The van der Waals surface area contributed by atoms with Gasteiger partial charge in [0.2, 0.25) is 0 Å². The number of anilines is 1. The first-order chi connectivity index (χ1) is 11.6. The Kier molecular flexibility index (Phi) is 4.48. The summed E-state index contributed by atoms with van der Waals surface area (Å²) >= 11 is 0. The Hall–Kier alpha value is -2.86. The van der Waals surface area contributed by atoms with E-state index < -0.39 is 0 Å². The maximum Gasteiger partial charge on any atom is 0.267 e. The molecule has 2 amide bonds. The summed E-state index contributed by atoms with van der Waals surface area (Å²) < 4.78 is 4.91. The SMILES string of the molecule is COCCNC(=O)c1cc(C)c(/C=C2/C(=O)Nc3ccccc32)[nH]1. The molecule has 0 radical (unpaired) electrons. The van der Waals surface area contributed by atoms with E-state index in [0.717, 1.165) is 22.5 Å². The van der Waals surface area contributed by atoms with E-state index in [1.807, 2.05) is 31.2 Å². The summed E-state index contributed by atoms with van der Waals surface area (Å²) in [7, 11) is 1.58. The van der Waals surface area contributed by atoms with E-state index in [9.17, 15) is 9.59 Å². The number of H-pyrrole nitrogens is 1. The monoisotopic (exact) mass is 325 g/mol. The number of aromatic nitrogens is 1. The number of nitrogens with one attached hydrogen (secondary N) is 3. The topological polar surface area (TPSA) is 83.2 Å². The van der Waals surface area contributed by atoms with Crippen LogP contribution < -0.4 is 10.6 Å². The highest BCUT2D eigenvalue weighted by molar-refractivity contribution is 6.34. The Balaban J connectivity index is 1.86. The van der Waals surface area contributed by atoms with E-state index in [-0.39, 0.29) is 11.8 Å². The van der Waals surface area contributed by atoms with Crippen LogP contribution in [0.1, 0.15) is 27.3 Å². The van der Waals surface area contributed by atoms with Gasteiger partial charge in [-0.05, 0) is 30.7 Å². The first kappa shape index (κ1) is 16.0. The minimum Gasteiger partial charge on any atom is -0.383 e. The van der Waals surface area contributed by atoms with Gasteiger partial charge in [-0.1, -0.05) is 18.2 Å². The molecule has 6 nitrogen and oxygen atoms in total. The van der Waals surface area contributed by atoms with E-state index in [1.54, 1.807) is 19.3 Å². The number of carbonyl (C=O) groups excluding carboxylic acids is 2. The van der Waals surface area contributed by atoms with Crippen molar-refractivity contribution < 1.29 is 14.3 Å². The van der Waals surface area contributed by atoms with Crippen molar-refractivity contribution in [2.45, 2.75) is 6.92 Å². The predicted octanol–water partition coefficient (Wildman–Crippen LogP) is 2.19. The van der Waals surface area contributed by atoms with Gasteiger partial charge in [0.1, 0.15) is 5.69 Å². The third-order valence-electron chi connectivity index (χ3n) is 3.89. The average Bonchev–Trinajstić information content (AvgIpc) is 3.09. The van der Waals surface area contributed by atoms with Crippen molar-refractivity contribution in [1.29, 1.82) is 0 Å². The van der Waals surface area contributed by atoms with Crippen molar-refractivity contribution in [3.63, 3.8) is 0 Å². The van der Waals surface area contributed by atoms with Crippen molar-refractivity contribution >= 4 is 29.2 Å². The van der Waals surface area contributed by atoms with Gasteiger partial charge in [-0.2, -0.15) is 0 Å². The highest BCUT2D eigenvalue weighted by Gasteiger charge is 2.24. The van der Waals surface area contributed by atoms with Crippen molar-refractivity contribution in [1.82, 2.24) is 10.3 Å². The van der Waals surface area contributed by atoms with Gasteiger partial charge in [0, 0.05) is 30.6 Å². The van der Waals surface area contributed by atoms with Crippen molar-refractivity contribution in [3.8, 4) is 0 Å². The van der Waals surface area contributed by atoms with Crippen LogP contribution in [0, 0.1) is 6.92 Å². The smallest absolute Gasteiger partial charge is 0.267 e. The molecule has 3 rings (SSSR count). The Morgan fingerprint density at radius 1 is 1.33 bits per heavy atom. The lowest BCUT2D eigenvalue weighted by Gasteiger charge is -2.02. The fraction of sp³-hybridized carbons (Fsp3) is 0.222. The third kappa shape index (κ3) is 3.09. The second kappa shape index (κ2) is 6.72. The second-order valence-corrected chi connectivity index (χ2v) is 5.59. The molecule has 0 fully saturated rings. The summed E-state index contributed by atoms with van der Waals surface area (Å²) in [6.45, 7) is 2.80. The zero-order valence-electron chi connectivity index (χ0n) is 13.6. The van der Waals surface area contributed by atoms with Crippen LogP contribution >= 0.6 is 0 Å². The Morgan fingerprint density at radius 3 is 2.92 bits per heavy atom. The van der Waals surface area contributed by atoms with Gasteiger partial charge in [0.15, 0.2) is 0 Å². The molecule has 2 aromatic rings. The Bertz CT molecular complexity index is 821. The molecule has 0 atom stereocenters. The number of rotatable bonds is 5. The summed E-state index contributed by atoms with van der Waals surface area (Å²) in [6.07, 6.45) is 1.78.